The second-order valence-corrected chi connectivity index (χ2v) is 5.30. The fraction of sp³-hybridized carbons (Fsp3) is 0.375. The summed E-state index contributed by atoms with van der Waals surface area (Å²) in [6.45, 7) is 7.57. The summed E-state index contributed by atoms with van der Waals surface area (Å²) >= 11 is 0. The number of aryl methyl sites for hydroxylation is 1. The summed E-state index contributed by atoms with van der Waals surface area (Å²) in [7, 11) is 0. The van der Waals surface area contributed by atoms with Crippen LogP contribution in [-0.4, -0.2) is 9.55 Å². The molecule has 0 fully saturated rings. The van der Waals surface area contributed by atoms with E-state index in [9.17, 15) is 0 Å². The van der Waals surface area contributed by atoms with Gasteiger partial charge in [0.15, 0.2) is 0 Å². The maximum atomic E-state index is 9.13. The van der Waals surface area contributed by atoms with Gasteiger partial charge in [-0.1, -0.05) is 12.1 Å². The largest absolute Gasteiger partial charge is 0.378 e. The van der Waals surface area contributed by atoms with Gasteiger partial charge in [-0.15, -0.1) is 0 Å². The SMILES string of the molecule is CCn1ccnc1CNc1ccc(C(C)(C)C#N)cc1. The van der Waals surface area contributed by atoms with Crippen molar-refractivity contribution in [2.24, 2.45) is 0 Å². The number of nitrogens with one attached hydrogen (secondary N) is 1. The topological polar surface area (TPSA) is 53.6 Å². The van der Waals surface area contributed by atoms with Crippen LogP contribution in [0.15, 0.2) is 36.7 Å². The summed E-state index contributed by atoms with van der Waals surface area (Å²) in [5, 5.41) is 12.5. The van der Waals surface area contributed by atoms with Crippen LogP contribution in [0.2, 0.25) is 0 Å². The van der Waals surface area contributed by atoms with Gasteiger partial charge in [0, 0.05) is 24.6 Å². The number of anilines is 1. The first-order valence-electron chi connectivity index (χ1n) is 6.82. The molecule has 0 saturated carbocycles. The molecule has 0 atom stereocenters. The monoisotopic (exact) mass is 268 g/mol. The Morgan fingerprint density at radius 3 is 2.60 bits per heavy atom. The highest BCUT2D eigenvalue weighted by atomic mass is 15.1. The number of nitrogens with zero attached hydrogens (tertiary/aromatic N) is 3. The van der Waals surface area contributed by atoms with Crippen LogP contribution in [0, 0.1) is 11.3 Å². The molecular formula is C16H20N4. The van der Waals surface area contributed by atoms with Crippen LogP contribution in [0.3, 0.4) is 0 Å². The zero-order valence-corrected chi connectivity index (χ0v) is 12.2. The molecule has 0 spiro atoms. The summed E-state index contributed by atoms with van der Waals surface area (Å²) in [6.07, 6.45) is 3.80. The van der Waals surface area contributed by atoms with Gasteiger partial charge in [0.2, 0.25) is 0 Å². The quantitative estimate of drug-likeness (QED) is 0.905. The van der Waals surface area contributed by atoms with E-state index in [-0.39, 0.29) is 0 Å². The van der Waals surface area contributed by atoms with Crippen LogP contribution in [0.25, 0.3) is 0 Å². The normalized spacial score (nSPS) is 11.1. The Bertz CT molecular complexity index is 602. The third-order valence-electron chi connectivity index (χ3n) is 3.48. The minimum Gasteiger partial charge on any atom is -0.378 e. The Hall–Kier alpha value is -2.28. The van der Waals surface area contributed by atoms with Gasteiger partial charge < -0.3 is 9.88 Å². The highest BCUT2D eigenvalue weighted by Crippen LogP contribution is 2.23. The molecule has 1 heterocycles. The van der Waals surface area contributed by atoms with E-state index in [0.29, 0.717) is 6.54 Å². The van der Waals surface area contributed by atoms with E-state index in [1.807, 2.05) is 50.5 Å². The van der Waals surface area contributed by atoms with E-state index in [2.05, 4.69) is 27.9 Å². The van der Waals surface area contributed by atoms with Crippen molar-refractivity contribution in [2.75, 3.05) is 5.32 Å². The van der Waals surface area contributed by atoms with Gasteiger partial charge >= 0.3 is 0 Å². The molecule has 0 aliphatic carbocycles. The van der Waals surface area contributed by atoms with E-state index in [0.717, 1.165) is 23.6 Å². The average molecular weight is 268 g/mol. The summed E-state index contributed by atoms with van der Waals surface area (Å²) < 4.78 is 2.11. The molecule has 0 aliphatic heterocycles. The number of imidazole rings is 1. The molecule has 1 aromatic heterocycles. The molecule has 20 heavy (non-hydrogen) atoms. The minimum absolute atomic E-state index is 0.447. The van der Waals surface area contributed by atoms with Crippen molar-refractivity contribution in [1.82, 2.24) is 9.55 Å². The molecule has 0 radical (unpaired) electrons. The van der Waals surface area contributed by atoms with Crippen molar-refractivity contribution >= 4 is 5.69 Å². The first-order chi connectivity index (χ1) is 9.56. The molecule has 0 saturated heterocycles. The lowest BCUT2D eigenvalue weighted by Gasteiger charge is -2.16. The average Bonchev–Trinajstić information content (AvgIpc) is 2.93. The van der Waals surface area contributed by atoms with E-state index in [4.69, 9.17) is 5.26 Å². The number of aromatic nitrogens is 2. The predicted molar refractivity (Wildman–Crippen MR) is 80.3 cm³/mol. The van der Waals surface area contributed by atoms with Crippen molar-refractivity contribution in [3.63, 3.8) is 0 Å². The van der Waals surface area contributed by atoms with Crippen molar-refractivity contribution in [2.45, 2.75) is 39.3 Å². The van der Waals surface area contributed by atoms with Crippen LogP contribution < -0.4 is 5.32 Å². The first-order valence-corrected chi connectivity index (χ1v) is 6.82. The molecule has 0 unspecified atom stereocenters. The molecule has 2 rings (SSSR count). The van der Waals surface area contributed by atoms with Gasteiger partial charge in [-0.3, -0.25) is 0 Å². The zero-order valence-electron chi connectivity index (χ0n) is 12.2. The van der Waals surface area contributed by atoms with E-state index >= 15 is 0 Å². The molecular weight excluding hydrogens is 248 g/mol. The van der Waals surface area contributed by atoms with E-state index in [1.165, 1.54) is 0 Å². The Labute approximate surface area is 120 Å². The van der Waals surface area contributed by atoms with Gasteiger partial charge in [0.1, 0.15) is 5.82 Å². The van der Waals surface area contributed by atoms with E-state index < -0.39 is 5.41 Å². The third-order valence-corrected chi connectivity index (χ3v) is 3.48. The van der Waals surface area contributed by atoms with E-state index in [1.54, 1.807) is 0 Å². The molecule has 4 heteroatoms. The molecule has 104 valence electrons. The molecule has 0 amide bonds. The second kappa shape index (κ2) is 5.79. The maximum Gasteiger partial charge on any atom is 0.128 e. The highest BCUT2D eigenvalue weighted by molar-refractivity contribution is 5.47. The molecule has 4 nitrogen and oxygen atoms in total. The van der Waals surface area contributed by atoms with Crippen molar-refractivity contribution in [3.8, 4) is 6.07 Å². The summed E-state index contributed by atoms with van der Waals surface area (Å²) in [4.78, 5) is 4.33. The van der Waals surface area contributed by atoms with Crippen LogP contribution in [0.4, 0.5) is 5.69 Å². The van der Waals surface area contributed by atoms with Gasteiger partial charge in [0.05, 0.1) is 18.0 Å². The lowest BCUT2D eigenvalue weighted by atomic mass is 9.86. The van der Waals surface area contributed by atoms with Gasteiger partial charge in [-0.2, -0.15) is 5.26 Å². The minimum atomic E-state index is -0.447. The van der Waals surface area contributed by atoms with Crippen LogP contribution in [0.1, 0.15) is 32.2 Å². The third kappa shape index (κ3) is 3.00. The predicted octanol–water partition coefficient (Wildman–Crippen LogP) is 3.32. The maximum absolute atomic E-state index is 9.13. The molecule has 0 bridgehead atoms. The van der Waals surface area contributed by atoms with Crippen LogP contribution in [-0.2, 0) is 18.5 Å². The molecule has 2 aromatic rings. The Morgan fingerprint density at radius 1 is 1.30 bits per heavy atom. The molecule has 1 aromatic carbocycles. The Morgan fingerprint density at radius 2 is 2.00 bits per heavy atom. The molecule has 1 N–H and O–H groups in total. The van der Waals surface area contributed by atoms with Crippen molar-refractivity contribution in [3.05, 3.63) is 48.0 Å². The number of hydrogen-bond donors (Lipinski definition) is 1. The lowest BCUT2D eigenvalue weighted by Crippen LogP contribution is -2.13. The summed E-state index contributed by atoms with van der Waals surface area (Å²) in [5.74, 6) is 1.02. The standard InChI is InChI=1S/C16H20N4/c1-4-20-10-9-18-15(20)11-19-14-7-5-13(6-8-14)16(2,3)12-17/h5-10,19H,4,11H2,1-3H3. The van der Waals surface area contributed by atoms with Crippen molar-refractivity contribution < 1.29 is 0 Å². The lowest BCUT2D eigenvalue weighted by molar-refractivity contribution is 0.687. The number of benzene rings is 1. The van der Waals surface area contributed by atoms with Crippen LogP contribution >= 0.6 is 0 Å². The number of hydrogen-bond acceptors (Lipinski definition) is 3. The van der Waals surface area contributed by atoms with Crippen LogP contribution in [0.5, 0.6) is 0 Å². The van der Waals surface area contributed by atoms with Gasteiger partial charge in [0.25, 0.3) is 0 Å². The first kappa shape index (κ1) is 14.1. The Balaban J connectivity index is 2.03. The fourth-order valence-electron chi connectivity index (χ4n) is 2.05. The second-order valence-electron chi connectivity index (χ2n) is 5.30. The van der Waals surface area contributed by atoms with Crippen molar-refractivity contribution in [1.29, 1.82) is 5.26 Å². The van der Waals surface area contributed by atoms with Gasteiger partial charge in [-0.05, 0) is 38.5 Å². The number of nitriles is 1. The molecule has 0 aliphatic rings. The smallest absolute Gasteiger partial charge is 0.128 e. The summed E-state index contributed by atoms with van der Waals surface area (Å²) in [5.41, 5.74) is 1.62. The summed E-state index contributed by atoms with van der Waals surface area (Å²) in [6, 6.07) is 10.3. The highest BCUT2D eigenvalue weighted by Gasteiger charge is 2.18. The zero-order chi connectivity index (χ0) is 14.6. The fourth-order valence-corrected chi connectivity index (χ4v) is 2.05. The van der Waals surface area contributed by atoms with Gasteiger partial charge in [-0.25, -0.2) is 4.98 Å². The Kier molecular flexibility index (Phi) is 4.09. The number of rotatable bonds is 5.